The molecule has 2 amide bonds. The molecule has 0 aliphatic heterocycles. The molecule has 39 heavy (non-hydrogen) atoms. The molecule has 9 nitrogen and oxygen atoms in total. The van der Waals surface area contributed by atoms with Gasteiger partial charge in [0.05, 0.1) is 11.1 Å². The molecule has 3 N–H and O–H groups in total. The first kappa shape index (κ1) is 26.2. The van der Waals surface area contributed by atoms with Crippen molar-refractivity contribution < 1.29 is 14.7 Å². The molecule has 0 unspecified atom stereocenters. The number of anilines is 1. The van der Waals surface area contributed by atoms with Crippen LogP contribution >= 0.6 is 11.3 Å². The number of rotatable bonds is 8. The molecule has 5 aromatic rings. The number of carbonyl (C=O) groups excluding carboxylic acids is 2. The second kappa shape index (κ2) is 10.8. The molecule has 0 bridgehead atoms. The number of pyridine rings is 1. The summed E-state index contributed by atoms with van der Waals surface area (Å²) < 4.78 is 1.79. The molecule has 0 saturated carbocycles. The number of nitrogens with zero attached hydrogens (tertiary/aromatic N) is 4. The van der Waals surface area contributed by atoms with Gasteiger partial charge in [-0.25, -0.2) is 4.98 Å². The van der Waals surface area contributed by atoms with Crippen LogP contribution in [0.15, 0.2) is 72.5 Å². The summed E-state index contributed by atoms with van der Waals surface area (Å²) in [5.74, 6) is -0.552. The maximum absolute atomic E-state index is 13.3. The van der Waals surface area contributed by atoms with Crippen molar-refractivity contribution in [3.05, 3.63) is 83.8 Å². The number of aryl methyl sites for hydroxylation is 1. The van der Waals surface area contributed by atoms with Gasteiger partial charge in [0, 0.05) is 65.3 Å². The van der Waals surface area contributed by atoms with Crippen molar-refractivity contribution >= 4 is 39.7 Å². The Hall–Kier alpha value is -4.41. The van der Waals surface area contributed by atoms with Crippen LogP contribution in [0.4, 0.5) is 5.69 Å². The Morgan fingerprint density at radius 2 is 1.90 bits per heavy atom. The second-order valence-corrected chi connectivity index (χ2v) is 10.7. The fourth-order valence-electron chi connectivity index (χ4n) is 4.13. The lowest BCUT2D eigenvalue weighted by Gasteiger charge is -2.16. The van der Waals surface area contributed by atoms with Crippen LogP contribution in [0.1, 0.15) is 41.1 Å². The minimum atomic E-state index is -0.815. The molecule has 3 aromatic heterocycles. The number of thiazole rings is 1. The average molecular weight is 541 g/mol. The van der Waals surface area contributed by atoms with Crippen LogP contribution in [0.2, 0.25) is 0 Å². The van der Waals surface area contributed by atoms with Crippen LogP contribution in [-0.4, -0.2) is 49.3 Å². The highest BCUT2D eigenvalue weighted by atomic mass is 32.1. The molecule has 0 fully saturated rings. The van der Waals surface area contributed by atoms with Gasteiger partial charge < -0.3 is 15.7 Å². The summed E-state index contributed by atoms with van der Waals surface area (Å²) >= 11 is 1.37. The van der Waals surface area contributed by atoms with Gasteiger partial charge in [-0.05, 0) is 62.2 Å². The normalized spacial score (nSPS) is 11.5. The van der Waals surface area contributed by atoms with Gasteiger partial charge >= 0.3 is 0 Å². The van der Waals surface area contributed by atoms with Gasteiger partial charge in [0.25, 0.3) is 11.8 Å². The highest BCUT2D eigenvalue weighted by Gasteiger charge is 2.18. The summed E-state index contributed by atoms with van der Waals surface area (Å²) in [7, 11) is 1.58. The lowest BCUT2D eigenvalue weighted by atomic mass is 9.99. The van der Waals surface area contributed by atoms with Crippen molar-refractivity contribution in [2.45, 2.75) is 32.4 Å². The van der Waals surface area contributed by atoms with Crippen molar-refractivity contribution in [3.8, 4) is 21.7 Å². The van der Waals surface area contributed by atoms with E-state index in [2.05, 4.69) is 25.7 Å². The molecule has 0 spiro atoms. The number of aliphatic hydroxyl groups is 1. The van der Waals surface area contributed by atoms with Gasteiger partial charge in [-0.3, -0.25) is 19.3 Å². The standard InChI is InChI=1S/C29H28N6O3S/c1-29(2,38)9-11-35-16-21-13-24(32-27(37)25-17-39-28(33-25)20-8-5-10-31-15-20)22(14-23(21)34-35)18-6-4-7-19(12-18)26(36)30-3/h4-8,10,12-17,38H,9,11H2,1-3H3,(H,30,36)(H,32,37). The number of hydrogen-bond donors (Lipinski definition) is 3. The summed E-state index contributed by atoms with van der Waals surface area (Å²) in [6.45, 7) is 4.07. The van der Waals surface area contributed by atoms with Gasteiger partial charge in [-0.2, -0.15) is 5.10 Å². The Bertz CT molecular complexity index is 1650. The number of amides is 2. The van der Waals surface area contributed by atoms with Crippen LogP contribution in [0.5, 0.6) is 0 Å². The van der Waals surface area contributed by atoms with Crippen LogP contribution in [0.25, 0.3) is 32.6 Å². The molecule has 0 aliphatic rings. The molecule has 0 atom stereocenters. The van der Waals surface area contributed by atoms with Crippen molar-refractivity contribution in [1.82, 2.24) is 25.1 Å². The first-order valence-corrected chi connectivity index (χ1v) is 13.3. The van der Waals surface area contributed by atoms with Crippen molar-refractivity contribution in [3.63, 3.8) is 0 Å². The highest BCUT2D eigenvalue weighted by molar-refractivity contribution is 7.13. The van der Waals surface area contributed by atoms with E-state index in [1.807, 2.05) is 36.5 Å². The summed E-state index contributed by atoms with van der Waals surface area (Å²) in [5, 5.41) is 23.7. The number of hydrogen-bond acceptors (Lipinski definition) is 7. The van der Waals surface area contributed by atoms with Crippen LogP contribution < -0.4 is 10.6 Å². The predicted octanol–water partition coefficient (Wildman–Crippen LogP) is 4.99. The van der Waals surface area contributed by atoms with E-state index in [1.165, 1.54) is 11.3 Å². The largest absolute Gasteiger partial charge is 0.390 e. The van der Waals surface area contributed by atoms with Gasteiger partial charge in [0.1, 0.15) is 10.7 Å². The molecule has 3 heterocycles. The number of carbonyl (C=O) groups is 2. The quantitative estimate of drug-likeness (QED) is 0.255. The van der Waals surface area contributed by atoms with E-state index >= 15 is 0 Å². The lowest BCUT2D eigenvalue weighted by Crippen LogP contribution is -2.21. The summed E-state index contributed by atoms with van der Waals surface area (Å²) in [6, 6.07) is 14.7. The molecular weight excluding hydrogens is 512 g/mol. The van der Waals surface area contributed by atoms with E-state index in [0.29, 0.717) is 34.9 Å². The van der Waals surface area contributed by atoms with Gasteiger partial charge in [0.15, 0.2) is 0 Å². The van der Waals surface area contributed by atoms with E-state index in [1.54, 1.807) is 61.5 Å². The Labute approximate surface area is 229 Å². The maximum Gasteiger partial charge on any atom is 0.275 e. The van der Waals surface area contributed by atoms with Crippen molar-refractivity contribution in [2.75, 3.05) is 12.4 Å². The zero-order chi connectivity index (χ0) is 27.6. The minimum Gasteiger partial charge on any atom is -0.390 e. The second-order valence-electron chi connectivity index (χ2n) is 9.80. The Kier molecular flexibility index (Phi) is 7.23. The summed E-state index contributed by atoms with van der Waals surface area (Å²) in [6.07, 6.45) is 5.83. The van der Waals surface area contributed by atoms with Crippen molar-refractivity contribution in [2.24, 2.45) is 0 Å². The molecule has 5 rings (SSSR count). The van der Waals surface area contributed by atoms with E-state index in [-0.39, 0.29) is 11.8 Å². The Balaban J connectivity index is 1.52. The molecule has 198 valence electrons. The summed E-state index contributed by atoms with van der Waals surface area (Å²) in [5.41, 5.74) is 3.61. The monoisotopic (exact) mass is 540 g/mol. The number of nitrogens with one attached hydrogen (secondary N) is 2. The van der Waals surface area contributed by atoms with E-state index < -0.39 is 5.60 Å². The highest BCUT2D eigenvalue weighted by Crippen LogP contribution is 2.34. The summed E-state index contributed by atoms with van der Waals surface area (Å²) in [4.78, 5) is 34.3. The number of aromatic nitrogens is 4. The van der Waals surface area contributed by atoms with E-state index in [9.17, 15) is 14.7 Å². The SMILES string of the molecule is CNC(=O)c1cccc(-c2cc3nn(CCC(C)(C)O)cc3cc2NC(=O)c2csc(-c3cccnc3)n2)c1. The van der Waals surface area contributed by atoms with Crippen LogP contribution in [0, 0.1) is 0 Å². The van der Waals surface area contributed by atoms with E-state index in [0.717, 1.165) is 27.6 Å². The first-order chi connectivity index (χ1) is 18.7. The molecule has 0 saturated heterocycles. The lowest BCUT2D eigenvalue weighted by molar-refractivity contribution is 0.0651. The molecule has 10 heteroatoms. The topological polar surface area (TPSA) is 122 Å². The van der Waals surface area contributed by atoms with Crippen molar-refractivity contribution in [1.29, 1.82) is 0 Å². The van der Waals surface area contributed by atoms with Gasteiger partial charge in [-0.1, -0.05) is 12.1 Å². The molecule has 0 aliphatic carbocycles. The average Bonchev–Trinajstić information content (AvgIpc) is 3.58. The number of benzene rings is 2. The smallest absolute Gasteiger partial charge is 0.275 e. The maximum atomic E-state index is 13.3. The Morgan fingerprint density at radius 1 is 1.08 bits per heavy atom. The zero-order valence-electron chi connectivity index (χ0n) is 21.8. The van der Waals surface area contributed by atoms with Gasteiger partial charge in [-0.15, -0.1) is 11.3 Å². The molecule has 2 aromatic carbocycles. The fraction of sp³-hybridized carbons (Fsp3) is 0.207. The zero-order valence-corrected chi connectivity index (χ0v) is 22.6. The third kappa shape index (κ3) is 6.02. The first-order valence-electron chi connectivity index (χ1n) is 12.4. The minimum absolute atomic E-state index is 0.204. The fourth-order valence-corrected chi connectivity index (χ4v) is 4.92. The van der Waals surface area contributed by atoms with Crippen LogP contribution in [-0.2, 0) is 6.54 Å². The van der Waals surface area contributed by atoms with Gasteiger partial charge in [0.2, 0.25) is 0 Å². The van der Waals surface area contributed by atoms with Crippen LogP contribution in [0.3, 0.4) is 0 Å². The number of fused-ring (bicyclic) bond motifs is 1. The molecular formula is C29H28N6O3S. The third-order valence-corrected chi connectivity index (χ3v) is 7.09. The Morgan fingerprint density at radius 3 is 2.64 bits per heavy atom. The predicted molar refractivity (Wildman–Crippen MR) is 153 cm³/mol. The molecule has 0 radical (unpaired) electrons. The van der Waals surface area contributed by atoms with E-state index in [4.69, 9.17) is 0 Å². The third-order valence-electron chi connectivity index (χ3n) is 6.20.